The molecule has 0 atom stereocenters. The number of hydrogen-bond acceptors (Lipinski definition) is 5. The van der Waals surface area contributed by atoms with Crippen molar-refractivity contribution in [3.63, 3.8) is 0 Å². The van der Waals surface area contributed by atoms with E-state index < -0.39 is 17.4 Å². The Bertz CT molecular complexity index is 598. The van der Waals surface area contributed by atoms with Crippen LogP contribution in [0.1, 0.15) is 24.2 Å². The second-order valence-electron chi connectivity index (χ2n) is 4.95. The van der Waals surface area contributed by atoms with Crippen molar-refractivity contribution in [1.82, 2.24) is 10.2 Å². The Kier molecular flexibility index (Phi) is 4.20. The van der Waals surface area contributed by atoms with Crippen molar-refractivity contribution in [1.29, 1.82) is 0 Å². The lowest BCUT2D eigenvalue weighted by Crippen LogP contribution is -2.64. The van der Waals surface area contributed by atoms with Gasteiger partial charge < -0.3 is 0 Å². The molecule has 1 aliphatic heterocycles. The zero-order valence-corrected chi connectivity index (χ0v) is 13.2. The number of halogens is 2. The van der Waals surface area contributed by atoms with E-state index in [0.29, 0.717) is 14.2 Å². The van der Waals surface area contributed by atoms with Gasteiger partial charge in [-0.25, -0.2) is 0 Å². The van der Waals surface area contributed by atoms with E-state index in [-0.39, 0.29) is 18.9 Å². The predicted octanol–water partition coefficient (Wildman–Crippen LogP) is 1.97. The van der Waals surface area contributed by atoms with E-state index in [2.05, 4.69) is 5.32 Å². The number of ketones is 1. The zero-order valence-electron chi connectivity index (χ0n) is 10.8. The van der Waals surface area contributed by atoms with Crippen LogP contribution in [0.15, 0.2) is 6.07 Å². The average Bonchev–Trinajstić information content (AvgIpc) is 2.65. The summed E-state index contributed by atoms with van der Waals surface area (Å²) in [5.74, 6) is -1.11. The van der Waals surface area contributed by atoms with Crippen LogP contribution in [0, 0.1) is 0 Å². The zero-order chi connectivity index (χ0) is 15.1. The Morgan fingerprint density at radius 2 is 2.10 bits per heavy atom. The highest BCUT2D eigenvalue weighted by Crippen LogP contribution is 2.32. The summed E-state index contributed by atoms with van der Waals surface area (Å²) in [5.41, 5.74) is -0.619. The quantitative estimate of drug-likeness (QED) is 0.678. The summed E-state index contributed by atoms with van der Waals surface area (Å²) in [4.78, 5) is 37.0. The lowest BCUT2D eigenvalue weighted by molar-refractivity contribution is -0.144. The summed E-state index contributed by atoms with van der Waals surface area (Å²) < 4.78 is 0.732. The minimum Gasteiger partial charge on any atom is -0.294 e. The number of nitrogens with one attached hydrogen (secondary N) is 1. The van der Waals surface area contributed by atoms with Crippen molar-refractivity contribution >= 4 is 52.1 Å². The molecule has 1 saturated heterocycles. The van der Waals surface area contributed by atoms with Crippen LogP contribution < -0.4 is 5.32 Å². The SMILES string of the molecule is CC1(C)C(=O)NC(=O)CN1CC(=O)c1cc(Cl)sc1Cl. The van der Waals surface area contributed by atoms with Gasteiger partial charge in [-0.15, -0.1) is 11.3 Å². The number of rotatable bonds is 3. The molecular weight excluding hydrogens is 323 g/mol. The Morgan fingerprint density at radius 3 is 2.65 bits per heavy atom. The van der Waals surface area contributed by atoms with Crippen LogP contribution in [0.2, 0.25) is 8.67 Å². The van der Waals surface area contributed by atoms with E-state index in [1.807, 2.05) is 0 Å². The third-order valence-corrected chi connectivity index (χ3v) is 4.71. The first-order valence-corrected chi connectivity index (χ1v) is 7.36. The lowest BCUT2D eigenvalue weighted by Gasteiger charge is -2.39. The normalized spacial score (nSPS) is 19.0. The fourth-order valence-corrected chi connectivity index (χ4v) is 3.38. The summed E-state index contributed by atoms with van der Waals surface area (Å²) in [6, 6.07) is 1.50. The molecule has 2 heterocycles. The number of imide groups is 1. The van der Waals surface area contributed by atoms with Crippen molar-refractivity contribution < 1.29 is 14.4 Å². The number of piperazine rings is 1. The molecule has 2 rings (SSSR count). The molecule has 1 aliphatic rings. The Morgan fingerprint density at radius 1 is 1.45 bits per heavy atom. The highest BCUT2D eigenvalue weighted by Gasteiger charge is 2.41. The first-order chi connectivity index (χ1) is 9.21. The largest absolute Gasteiger partial charge is 0.294 e. The number of carbonyl (C=O) groups excluding carboxylic acids is 3. The molecule has 1 fully saturated rings. The van der Waals surface area contributed by atoms with Gasteiger partial charge in [-0.05, 0) is 19.9 Å². The molecule has 20 heavy (non-hydrogen) atoms. The molecule has 0 radical (unpaired) electrons. The fourth-order valence-electron chi connectivity index (χ4n) is 1.88. The highest BCUT2D eigenvalue weighted by atomic mass is 35.5. The van der Waals surface area contributed by atoms with Crippen LogP contribution in [-0.2, 0) is 9.59 Å². The molecule has 0 bridgehead atoms. The number of amides is 2. The molecular formula is C12H12Cl2N2O3S. The standard InChI is InChI=1S/C12H12Cl2N2O3S/c1-12(2)11(19)15-9(18)5-16(12)4-7(17)6-3-8(13)20-10(6)14/h3H,4-5H2,1-2H3,(H,15,18,19). The van der Waals surface area contributed by atoms with Gasteiger partial charge in [-0.2, -0.15) is 0 Å². The molecule has 0 aliphatic carbocycles. The topological polar surface area (TPSA) is 66.5 Å². The van der Waals surface area contributed by atoms with Crippen molar-refractivity contribution in [3.05, 3.63) is 20.3 Å². The van der Waals surface area contributed by atoms with E-state index in [1.54, 1.807) is 13.8 Å². The summed E-state index contributed by atoms with van der Waals surface area (Å²) in [6.07, 6.45) is 0. The van der Waals surface area contributed by atoms with Gasteiger partial charge in [-0.3, -0.25) is 24.6 Å². The van der Waals surface area contributed by atoms with Gasteiger partial charge in [0.1, 0.15) is 4.34 Å². The number of nitrogens with zero attached hydrogens (tertiary/aromatic N) is 1. The maximum atomic E-state index is 12.2. The van der Waals surface area contributed by atoms with Gasteiger partial charge in [0.05, 0.1) is 28.5 Å². The number of hydrogen-bond donors (Lipinski definition) is 1. The highest BCUT2D eigenvalue weighted by molar-refractivity contribution is 7.20. The summed E-state index contributed by atoms with van der Waals surface area (Å²) in [5, 5.41) is 2.25. The van der Waals surface area contributed by atoms with Crippen LogP contribution in [0.5, 0.6) is 0 Å². The second kappa shape index (κ2) is 5.44. The fraction of sp³-hybridized carbons (Fsp3) is 0.417. The van der Waals surface area contributed by atoms with Crippen LogP contribution in [-0.4, -0.2) is 41.1 Å². The lowest BCUT2D eigenvalue weighted by atomic mass is 9.98. The molecule has 1 aromatic rings. The molecule has 108 valence electrons. The van der Waals surface area contributed by atoms with E-state index in [1.165, 1.54) is 11.0 Å². The minimum atomic E-state index is -0.935. The number of thiophene rings is 1. The third kappa shape index (κ3) is 2.88. The molecule has 5 nitrogen and oxygen atoms in total. The van der Waals surface area contributed by atoms with Gasteiger partial charge in [0.2, 0.25) is 11.8 Å². The van der Waals surface area contributed by atoms with Gasteiger partial charge in [0, 0.05) is 0 Å². The van der Waals surface area contributed by atoms with Gasteiger partial charge in [0.25, 0.3) is 0 Å². The monoisotopic (exact) mass is 334 g/mol. The smallest absolute Gasteiger partial charge is 0.246 e. The van der Waals surface area contributed by atoms with Crippen LogP contribution in [0.25, 0.3) is 0 Å². The molecule has 1 N–H and O–H groups in total. The van der Waals surface area contributed by atoms with Crippen molar-refractivity contribution in [2.45, 2.75) is 19.4 Å². The van der Waals surface area contributed by atoms with Crippen molar-refractivity contribution in [2.24, 2.45) is 0 Å². The first kappa shape index (κ1) is 15.4. The van der Waals surface area contributed by atoms with E-state index >= 15 is 0 Å². The minimum absolute atomic E-state index is 0.0139. The van der Waals surface area contributed by atoms with Gasteiger partial charge >= 0.3 is 0 Å². The molecule has 0 saturated carbocycles. The van der Waals surface area contributed by atoms with Gasteiger partial charge in [0.15, 0.2) is 5.78 Å². The Labute approximate surface area is 129 Å². The predicted molar refractivity (Wildman–Crippen MR) is 77.5 cm³/mol. The molecule has 0 unspecified atom stereocenters. The number of Topliss-reactive ketones (excluding diaryl/α,β-unsaturated/α-hetero) is 1. The van der Waals surface area contributed by atoms with Crippen molar-refractivity contribution in [2.75, 3.05) is 13.1 Å². The van der Waals surface area contributed by atoms with E-state index in [9.17, 15) is 14.4 Å². The average molecular weight is 335 g/mol. The molecule has 1 aromatic heterocycles. The van der Waals surface area contributed by atoms with Gasteiger partial charge in [-0.1, -0.05) is 23.2 Å². The Balaban J connectivity index is 2.20. The maximum Gasteiger partial charge on any atom is 0.246 e. The summed E-state index contributed by atoms with van der Waals surface area (Å²) in [6.45, 7) is 3.23. The summed E-state index contributed by atoms with van der Waals surface area (Å²) in [7, 11) is 0. The summed E-state index contributed by atoms with van der Waals surface area (Å²) >= 11 is 12.8. The molecule has 0 aromatic carbocycles. The van der Waals surface area contributed by atoms with E-state index in [0.717, 1.165) is 11.3 Å². The number of carbonyl (C=O) groups is 3. The van der Waals surface area contributed by atoms with Crippen molar-refractivity contribution in [3.8, 4) is 0 Å². The molecule has 0 spiro atoms. The molecule has 2 amide bonds. The second-order valence-corrected chi connectivity index (χ2v) is 7.24. The third-order valence-electron chi connectivity index (χ3n) is 3.23. The Hall–Kier alpha value is -0.950. The first-order valence-electron chi connectivity index (χ1n) is 5.79. The van der Waals surface area contributed by atoms with Crippen LogP contribution in [0.4, 0.5) is 0 Å². The van der Waals surface area contributed by atoms with Crippen LogP contribution in [0.3, 0.4) is 0 Å². The maximum absolute atomic E-state index is 12.2. The van der Waals surface area contributed by atoms with Crippen LogP contribution >= 0.6 is 34.5 Å². The molecule has 8 heteroatoms. The van der Waals surface area contributed by atoms with E-state index in [4.69, 9.17) is 23.2 Å².